The Kier molecular flexibility index (Phi) is 13.3. The number of hydrogen-bond donors (Lipinski definition) is 1. The first-order valence-corrected chi connectivity index (χ1v) is 18.8. The second-order valence-electron chi connectivity index (χ2n) is 14.0. The molecular weight excluding hydrogens is 744 g/mol. The number of carbonyl (C=O) groups is 2. The summed E-state index contributed by atoms with van der Waals surface area (Å²) in [5, 5.41) is 3.64. The number of esters is 2. The average Bonchev–Trinajstić information content (AvgIpc) is 3.98. The summed E-state index contributed by atoms with van der Waals surface area (Å²) >= 11 is 12.6. The van der Waals surface area contributed by atoms with E-state index in [0.717, 1.165) is 38.8 Å². The van der Waals surface area contributed by atoms with Gasteiger partial charge in [0, 0.05) is 35.1 Å². The smallest absolute Gasteiger partial charge is 0.387 e. The van der Waals surface area contributed by atoms with Crippen molar-refractivity contribution in [3.63, 3.8) is 0 Å². The number of nitrogens with zero attached hydrogens (tertiary/aromatic N) is 1. The van der Waals surface area contributed by atoms with E-state index in [1.165, 1.54) is 24.3 Å². The number of alkyl halides is 2. The van der Waals surface area contributed by atoms with Gasteiger partial charge in [0.2, 0.25) is 0 Å². The topological polar surface area (TPSA) is 86.3 Å². The van der Waals surface area contributed by atoms with E-state index in [-0.39, 0.29) is 52.6 Å². The lowest BCUT2D eigenvalue weighted by atomic mass is 9.86. The molecule has 3 heterocycles. The second-order valence-corrected chi connectivity index (χ2v) is 15.0. The number of piperidine rings is 3. The predicted octanol–water partition coefficient (Wildman–Crippen LogP) is 9.24. The minimum Gasteiger partial charge on any atom is -0.489 e. The number of hydrogen-bond acceptors (Lipinski definition) is 8. The largest absolute Gasteiger partial charge is 0.489 e. The Balaban J connectivity index is 1.21. The van der Waals surface area contributed by atoms with Crippen LogP contribution in [0, 0.1) is 17.7 Å². The second kappa shape index (κ2) is 18.1. The van der Waals surface area contributed by atoms with Crippen molar-refractivity contribution < 1.29 is 41.7 Å². The zero-order valence-corrected chi connectivity index (χ0v) is 31.4. The first-order valence-electron chi connectivity index (χ1n) is 18.1. The van der Waals surface area contributed by atoms with Crippen LogP contribution in [0.4, 0.5) is 13.2 Å². The zero-order chi connectivity index (χ0) is 38.4. The van der Waals surface area contributed by atoms with Crippen molar-refractivity contribution in [2.24, 2.45) is 11.8 Å². The van der Waals surface area contributed by atoms with Crippen LogP contribution in [0.3, 0.4) is 0 Å². The predicted molar refractivity (Wildman–Crippen MR) is 199 cm³/mol. The van der Waals surface area contributed by atoms with Crippen LogP contribution in [0.5, 0.6) is 11.5 Å². The third-order valence-electron chi connectivity index (χ3n) is 10.1. The molecule has 1 saturated carbocycles. The molecule has 1 N–H and O–H groups in total. The number of halogens is 5. The molecule has 7 rings (SSSR count). The number of benzene rings is 3. The molecule has 54 heavy (non-hydrogen) atoms. The summed E-state index contributed by atoms with van der Waals surface area (Å²) in [6.45, 7) is 5.41. The molecule has 13 heteroatoms. The van der Waals surface area contributed by atoms with Gasteiger partial charge in [-0.3, -0.25) is 10.2 Å². The summed E-state index contributed by atoms with van der Waals surface area (Å²) in [5.41, 5.74) is 1.83. The van der Waals surface area contributed by atoms with E-state index >= 15 is 4.39 Å². The molecule has 0 radical (unpaired) electrons. The lowest BCUT2D eigenvalue weighted by Gasteiger charge is -2.44. The quantitative estimate of drug-likeness (QED) is 0.107. The molecule has 2 bridgehead atoms. The SMILES string of the molecule is C=C(Cl)/C(C[C@H](OC(=O)c1cccc(CNC(C(=O)O[C@H]2CN3CCC2CC3)c2ccccc2F)c1)c1ccc(OC(F)F)c(OCC2CC2)c1)=C(\C)Cl. The van der Waals surface area contributed by atoms with Gasteiger partial charge in [0.05, 0.1) is 12.2 Å². The molecule has 288 valence electrons. The molecule has 0 amide bonds. The van der Waals surface area contributed by atoms with Gasteiger partial charge in [-0.05, 0) is 105 Å². The Labute approximate surface area is 323 Å². The minimum absolute atomic E-state index is 0.0216. The van der Waals surface area contributed by atoms with Crippen molar-refractivity contribution in [1.29, 1.82) is 0 Å². The molecular formula is C41H43Cl2F3N2O6. The van der Waals surface area contributed by atoms with Crippen LogP contribution in [0.25, 0.3) is 0 Å². The van der Waals surface area contributed by atoms with Crippen LogP contribution in [0.1, 0.15) is 78.2 Å². The molecule has 3 aromatic rings. The van der Waals surface area contributed by atoms with E-state index in [0.29, 0.717) is 40.8 Å². The Hall–Kier alpha value is -4.03. The molecule has 0 aromatic heterocycles. The minimum atomic E-state index is -3.07. The third-order valence-corrected chi connectivity index (χ3v) is 10.6. The van der Waals surface area contributed by atoms with E-state index in [4.69, 9.17) is 42.1 Å². The van der Waals surface area contributed by atoms with Gasteiger partial charge in [0.1, 0.15) is 24.1 Å². The number of fused-ring (bicyclic) bond motifs is 3. The maximum atomic E-state index is 15.1. The van der Waals surface area contributed by atoms with Crippen LogP contribution < -0.4 is 14.8 Å². The highest BCUT2D eigenvalue weighted by Gasteiger charge is 2.38. The van der Waals surface area contributed by atoms with Gasteiger partial charge in [0.15, 0.2) is 11.5 Å². The van der Waals surface area contributed by atoms with E-state index < -0.39 is 36.5 Å². The normalized spacial score (nSPS) is 20.8. The molecule has 3 aromatic carbocycles. The number of nitrogens with one attached hydrogen (secondary N) is 1. The fourth-order valence-corrected chi connectivity index (χ4v) is 7.35. The van der Waals surface area contributed by atoms with Crippen LogP contribution in [-0.2, 0) is 20.8 Å². The Morgan fingerprint density at radius 1 is 0.981 bits per heavy atom. The highest BCUT2D eigenvalue weighted by molar-refractivity contribution is 6.35. The van der Waals surface area contributed by atoms with E-state index in [9.17, 15) is 18.4 Å². The highest BCUT2D eigenvalue weighted by atomic mass is 35.5. The highest BCUT2D eigenvalue weighted by Crippen LogP contribution is 2.39. The average molecular weight is 788 g/mol. The maximum absolute atomic E-state index is 15.1. The molecule has 3 atom stereocenters. The standard InChI is InChI=1S/C41H43Cl2F3N2O6/c1-24(42)32(25(2)43)20-35(29-12-13-34(54-41(45)46)36(19-29)51-23-26-10-11-26)52-39(49)30-7-5-6-27(18-30)21-47-38(31-8-3-4-9-33(31)44)40(50)53-37-22-48-16-14-28(37)15-17-48/h3-9,12-13,18-19,26,28,35,37-38,41,47H,1,10-11,14-17,20-23H2,2H3/b32-25+/t35-,37-,38?/m0/s1. The first-order chi connectivity index (χ1) is 25.9. The number of allylic oxidation sites excluding steroid dienone is 2. The summed E-state index contributed by atoms with van der Waals surface area (Å²) < 4.78 is 64.2. The molecule has 4 fully saturated rings. The molecule has 1 aliphatic carbocycles. The van der Waals surface area contributed by atoms with Gasteiger partial charge >= 0.3 is 18.6 Å². The van der Waals surface area contributed by atoms with Gasteiger partial charge < -0.3 is 18.9 Å². The third kappa shape index (κ3) is 10.4. The number of carbonyl (C=O) groups excluding carboxylic acids is 2. The molecule has 0 spiro atoms. The Morgan fingerprint density at radius 3 is 2.39 bits per heavy atom. The van der Waals surface area contributed by atoms with Crippen molar-refractivity contribution in [3.05, 3.63) is 117 Å². The van der Waals surface area contributed by atoms with Crippen molar-refractivity contribution in [2.45, 2.75) is 70.4 Å². The monoisotopic (exact) mass is 786 g/mol. The van der Waals surface area contributed by atoms with Crippen LogP contribution >= 0.6 is 23.2 Å². The van der Waals surface area contributed by atoms with Crippen molar-refractivity contribution in [2.75, 3.05) is 26.2 Å². The fraction of sp³-hybridized carbons (Fsp3) is 0.415. The summed E-state index contributed by atoms with van der Waals surface area (Å²) in [7, 11) is 0. The Morgan fingerprint density at radius 2 is 1.74 bits per heavy atom. The molecule has 4 aliphatic rings. The Bertz CT molecular complexity index is 1860. The van der Waals surface area contributed by atoms with E-state index in [2.05, 4.69) is 16.8 Å². The molecule has 8 nitrogen and oxygen atoms in total. The molecule has 3 aliphatic heterocycles. The van der Waals surface area contributed by atoms with Crippen molar-refractivity contribution >= 4 is 35.1 Å². The van der Waals surface area contributed by atoms with Crippen LogP contribution in [0.15, 0.2) is 88.9 Å². The van der Waals surface area contributed by atoms with Crippen molar-refractivity contribution in [3.8, 4) is 11.5 Å². The van der Waals surface area contributed by atoms with Gasteiger partial charge in [-0.15, -0.1) is 0 Å². The summed E-state index contributed by atoms with van der Waals surface area (Å²) in [4.78, 5) is 29.7. The first kappa shape index (κ1) is 39.7. The fourth-order valence-electron chi connectivity index (χ4n) is 6.89. The van der Waals surface area contributed by atoms with Gasteiger partial charge in [-0.1, -0.05) is 66.2 Å². The summed E-state index contributed by atoms with van der Waals surface area (Å²) in [6.07, 6.45) is 2.64. The van der Waals surface area contributed by atoms with Crippen LogP contribution in [-0.4, -0.2) is 55.8 Å². The zero-order valence-electron chi connectivity index (χ0n) is 29.9. The van der Waals surface area contributed by atoms with Gasteiger partial charge in [-0.25, -0.2) is 14.0 Å². The molecule has 1 unspecified atom stereocenters. The van der Waals surface area contributed by atoms with Crippen LogP contribution in [0.2, 0.25) is 0 Å². The summed E-state index contributed by atoms with van der Waals surface area (Å²) in [5.74, 6) is -1.26. The van der Waals surface area contributed by atoms with Gasteiger partial charge in [-0.2, -0.15) is 8.78 Å². The maximum Gasteiger partial charge on any atom is 0.387 e. The lowest BCUT2D eigenvalue weighted by Crippen LogP contribution is -2.52. The lowest BCUT2D eigenvalue weighted by molar-refractivity contribution is -0.161. The molecule has 3 saturated heterocycles. The number of ether oxygens (including phenoxy) is 4. The summed E-state index contributed by atoms with van der Waals surface area (Å²) in [6, 6.07) is 15.9. The van der Waals surface area contributed by atoms with Crippen molar-refractivity contribution in [1.82, 2.24) is 10.2 Å². The van der Waals surface area contributed by atoms with Gasteiger partial charge in [0.25, 0.3) is 0 Å². The van der Waals surface area contributed by atoms with E-state index in [1.807, 2.05) is 0 Å². The number of rotatable bonds is 17. The van der Waals surface area contributed by atoms with E-state index in [1.54, 1.807) is 49.4 Å².